The molecule has 104 valence electrons. The van der Waals surface area contributed by atoms with Gasteiger partial charge in [0, 0.05) is 37.6 Å². The second kappa shape index (κ2) is 6.52. The highest BCUT2D eigenvalue weighted by Gasteiger charge is 2.15. The van der Waals surface area contributed by atoms with Crippen molar-refractivity contribution in [2.24, 2.45) is 5.92 Å². The number of carbonyl (C=O) groups excluding carboxylic acids is 1. The van der Waals surface area contributed by atoms with E-state index >= 15 is 0 Å². The summed E-state index contributed by atoms with van der Waals surface area (Å²) in [4.78, 5) is 26.0. The van der Waals surface area contributed by atoms with Gasteiger partial charge < -0.3 is 15.0 Å². The molecule has 1 aliphatic heterocycles. The molecule has 5 nitrogen and oxygen atoms in total. The van der Waals surface area contributed by atoms with Crippen LogP contribution in [0.25, 0.3) is 0 Å². The van der Waals surface area contributed by atoms with Crippen LogP contribution in [-0.2, 0) is 4.74 Å². The summed E-state index contributed by atoms with van der Waals surface area (Å²) in [6, 6.07) is 2.80. The van der Waals surface area contributed by atoms with Crippen LogP contribution >= 0.6 is 0 Å². The van der Waals surface area contributed by atoms with E-state index in [0.29, 0.717) is 23.9 Å². The number of ether oxygens (including phenoxy) is 1. The number of nitrogens with one attached hydrogen (secondary N) is 2. The lowest BCUT2D eigenvalue weighted by atomic mass is 10.0. The number of H-pyrrole nitrogens is 1. The summed E-state index contributed by atoms with van der Waals surface area (Å²) >= 11 is 0. The monoisotopic (exact) mass is 264 g/mol. The molecule has 0 bridgehead atoms. The third-order valence-corrected chi connectivity index (χ3v) is 3.32. The number of carbonyl (C=O) groups is 1. The molecule has 0 aromatic carbocycles. The van der Waals surface area contributed by atoms with E-state index in [1.165, 1.54) is 12.1 Å². The summed E-state index contributed by atoms with van der Waals surface area (Å²) in [7, 11) is 0. The second-order valence-electron chi connectivity index (χ2n) is 5.04. The molecular weight excluding hydrogens is 244 g/mol. The van der Waals surface area contributed by atoms with E-state index in [1.807, 2.05) is 0 Å². The van der Waals surface area contributed by atoms with Crippen molar-refractivity contribution >= 4 is 5.91 Å². The Balaban J connectivity index is 1.75. The van der Waals surface area contributed by atoms with E-state index < -0.39 is 0 Å². The van der Waals surface area contributed by atoms with Gasteiger partial charge in [0.25, 0.3) is 5.91 Å². The first-order valence-corrected chi connectivity index (χ1v) is 6.72. The number of rotatable bonds is 5. The minimum atomic E-state index is -0.219. The molecule has 1 aliphatic rings. The Kier molecular flexibility index (Phi) is 4.74. The maximum absolute atomic E-state index is 11.8. The average molecular weight is 264 g/mol. The van der Waals surface area contributed by atoms with Gasteiger partial charge in [-0.25, -0.2) is 0 Å². The van der Waals surface area contributed by atoms with Gasteiger partial charge in [0.05, 0.1) is 0 Å². The Bertz CT molecular complexity index is 490. The van der Waals surface area contributed by atoms with Crippen molar-refractivity contribution in [3.8, 4) is 0 Å². The molecule has 1 aromatic heterocycles. The molecule has 0 spiro atoms. The van der Waals surface area contributed by atoms with E-state index in [4.69, 9.17) is 4.74 Å². The highest BCUT2D eigenvalue weighted by atomic mass is 16.5. The molecule has 2 N–H and O–H groups in total. The normalized spacial score (nSPS) is 18.5. The molecule has 19 heavy (non-hydrogen) atoms. The van der Waals surface area contributed by atoms with Crippen molar-refractivity contribution in [2.45, 2.75) is 26.2 Å². The number of pyridine rings is 1. The smallest absolute Gasteiger partial charge is 0.267 e. The summed E-state index contributed by atoms with van der Waals surface area (Å²) < 4.78 is 5.30. The molecule has 1 aromatic rings. The lowest BCUT2D eigenvalue weighted by molar-refractivity contribution is 0.0947. The van der Waals surface area contributed by atoms with Crippen molar-refractivity contribution in [2.75, 3.05) is 19.8 Å². The predicted molar refractivity (Wildman–Crippen MR) is 72.3 cm³/mol. The maximum atomic E-state index is 11.8. The van der Waals surface area contributed by atoms with Gasteiger partial charge in [-0.3, -0.25) is 9.59 Å². The quantitative estimate of drug-likeness (QED) is 0.786. The van der Waals surface area contributed by atoms with Crippen molar-refractivity contribution in [3.63, 3.8) is 0 Å². The van der Waals surface area contributed by atoms with Gasteiger partial charge >= 0.3 is 0 Å². The summed E-state index contributed by atoms with van der Waals surface area (Å²) in [5.74, 6) is 0.416. The van der Waals surface area contributed by atoms with E-state index in [9.17, 15) is 9.59 Å². The molecule has 0 saturated carbocycles. The van der Waals surface area contributed by atoms with Crippen LogP contribution in [0.3, 0.4) is 0 Å². The zero-order chi connectivity index (χ0) is 13.7. The third kappa shape index (κ3) is 4.21. The minimum Gasteiger partial charge on any atom is -0.381 e. The van der Waals surface area contributed by atoms with E-state index in [-0.39, 0.29) is 11.3 Å². The molecule has 0 aliphatic carbocycles. The summed E-state index contributed by atoms with van der Waals surface area (Å²) in [5.41, 5.74) is 0.874. The largest absolute Gasteiger partial charge is 0.381 e. The van der Waals surface area contributed by atoms with Gasteiger partial charge in [-0.15, -0.1) is 0 Å². The first-order chi connectivity index (χ1) is 9.15. The van der Waals surface area contributed by atoms with Crippen LogP contribution in [0.15, 0.2) is 16.9 Å². The Morgan fingerprint density at radius 2 is 2.37 bits per heavy atom. The van der Waals surface area contributed by atoms with Crippen molar-refractivity contribution in [3.05, 3.63) is 33.7 Å². The van der Waals surface area contributed by atoms with E-state index in [1.54, 1.807) is 6.92 Å². The first kappa shape index (κ1) is 13.8. The van der Waals surface area contributed by atoms with Crippen LogP contribution in [0.1, 0.15) is 35.4 Å². The first-order valence-electron chi connectivity index (χ1n) is 6.72. The summed E-state index contributed by atoms with van der Waals surface area (Å²) in [6.07, 6.45) is 3.14. The van der Waals surface area contributed by atoms with Crippen LogP contribution in [0.5, 0.6) is 0 Å². The van der Waals surface area contributed by atoms with Crippen LogP contribution in [0.2, 0.25) is 0 Å². The number of aromatic nitrogens is 1. The SMILES string of the molecule is Cc1cc(=O)cc(C(=O)NCCC[C@@H]2CCOC2)[nH]1. The van der Waals surface area contributed by atoms with Gasteiger partial charge in [0.1, 0.15) is 5.69 Å². The Hall–Kier alpha value is -1.62. The van der Waals surface area contributed by atoms with Gasteiger partial charge in [0.15, 0.2) is 5.43 Å². The third-order valence-electron chi connectivity index (χ3n) is 3.32. The minimum absolute atomic E-state index is 0.149. The zero-order valence-corrected chi connectivity index (χ0v) is 11.2. The van der Waals surface area contributed by atoms with Crippen LogP contribution in [-0.4, -0.2) is 30.6 Å². The lowest BCUT2D eigenvalue weighted by Crippen LogP contribution is -2.27. The fourth-order valence-corrected chi connectivity index (χ4v) is 2.30. The number of hydrogen-bond acceptors (Lipinski definition) is 3. The highest BCUT2D eigenvalue weighted by molar-refractivity contribution is 5.92. The Morgan fingerprint density at radius 1 is 1.53 bits per heavy atom. The Morgan fingerprint density at radius 3 is 3.05 bits per heavy atom. The fraction of sp³-hybridized carbons (Fsp3) is 0.571. The van der Waals surface area contributed by atoms with E-state index in [0.717, 1.165) is 32.5 Å². The number of aryl methyl sites for hydroxylation is 1. The summed E-state index contributed by atoms with van der Waals surface area (Å²) in [6.45, 7) is 4.10. The van der Waals surface area contributed by atoms with Gasteiger partial charge in [0.2, 0.25) is 0 Å². The number of amides is 1. The van der Waals surface area contributed by atoms with Gasteiger partial charge in [-0.2, -0.15) is 0 Å². The van der Waals surface area contributed by atoms with Crippen LogP contribution in [0.4, 0.5) is 0 Å². The molecule has 2 rings (SSSR count). The van der Waals surface area contributed by atoms with Crippen molar-refractivity contribution in [1.82, 2.24) is 10.3 Å². The molecule has 1 atom stereocenters. The standard InChI is InChI=1S/C14H20N2O3/c1-10-7-12(17)8-13(16-10)14(18)15-5-2-3-11-4-6-19-9-11/h7-8,11H,2-6,9H2,1H3,(H,15,18)(H,16,17)/t11-/m1/s1. The number of hydrogen-bond donors (Lipinski definition) is 2. The zero-order valence-electron chi connectivity index (χ0n) is 11.2. The maximum Gasteiger partial charge on any atom is 0.267 e. The van der Waals surface area contributed by atoms with Crippen molar-refractivity contribution < 1.29 is 9.53 Å². The van der Waals surface area contributed by atoms with Crippen LogP contribution in [0, 0.1) is 12.8 Å². The Labute approximate surface area is 112 Å². The van der Waals surface area contributed by atoms with Gasteiger partial charge in [-0.05, 0) is 32.1 Å². The topological polar surface area (TPSA) is 71.2 Å². The molecular formula is C14H20N2O3. The number of aromatic amines is 1. The average Bonchev–Trinajstić information content (AvgIpc) is 2.86. The van der Waals surface area contributed by atoms with Crippen LogP contribution < -0.4 is 10.7 Å². The summed E-state index contributed by atoms with van der Waals surface area (Å²) in [5, 5.41) is 2.83. The molecule has 5 heteroatoms. The fourth-order valence-electron chi connectivity index (χ4n) is 2.30. The van der Waals surface area contributed by atoms with E-state index in [2.05, 4.69) is 10.3 Å². The molecule has 0 radical (unpaired) electrons. The lowest BCUT2D eigenvalue weighted by Gasteiger charge is -2.08. The van der Waals surface area contributed by atoms with Crippen molar-refractivity contribution in [1.29, 1.82) is 0 Å². The highest BCUT2D eigenvalue weighted by Crippen LogP contribution is 2.17. The second-order valence-corrected chi connectivity index (χ2v) is 5.04. The van der Waals surface area contributed by atoms with Gasteiger partial charge in [-0.1, -0.05) is 0 Å². The molecule has 0 unspecified atom stereocenters. The molecule has 1 fully saturated rings. The predicted octanol–water partition coefficient (Wildman–Crippen LogP) is 1.23. The molecule has 1 amide bonds. The molecule has 1 saturated heterocycles. The molecule has 2 heterocycles.